The maximum atomic E-state index is 5.84. The number of nitrogens with one attached hydrogen (secondary N) is 3. The van der Waals surface area contributed by atoms with E-state index in [2.05, 4.69) is 102 Å². The van der Waals surface area contributed by atoms with Gasteiger partial charge in [0.25, 0.3) is 0 Å². The normalized spacial score (nSPS) is 16.5. The summed E-state index contributed by atoms with van der Waals surface area (Å²) in [7, 11) is 3.85. The maximum absolute atomic E-state index is 5.84. The van der Waals surface area contributed by atoms with Gasteiger partial charge in [0.2, 0.25) is 11.2 Å². The molecule has 15 heteroatoms. The Bertz CT molecular complexity index is 2450. The third kappa shape index (κ3) is 8.45. The van der Waals surface area contributed by atoms with Gasteiger partial charge in [-0.1, -0.05) is 60.7 Å². The quantitative estimate of drug-likeness (QED) is 0.150. The van der Waals surface area contributed by atoms with Crippen LogP contribution in [0.3, 0.4) is 0 Å². The number of aryl methyl sites for hydroxylation is 2. The highest BCUT2D eigenvalue weighted by Crippen LogP contribution is 2.35. The van der Waals surface area contributed by atoms with Crippen LogP contribution in [0.2, 0.25) is 5.28 Å². The highest BCUT2D eigenvalue weighted by Gasteiger charge is 2.29. The number of hydrogen-bond acceptors (Lipinski definition) is 10. The standard InChI is InChI=1S/C20H21N7.C10H9ClN6.C10H13N/c1-25-13-18(21-14-25)22-19-17-10-6-12-27(17)24-20(23-19)26-11-5-9-16(26)15-7-3-2-4-8-15;1-16-5-8(12-6-16)13-9-7-3-2-4-17(7)15-10(11)14-9;1-2-5-9(6-3-1)10-7-4-8-11-10/h2-4,6-8,10,12-14,16H,5,9,11H2,1H3,(H,22,23,24);2-6H,1H3,(H,13,14,15);1-3,5-6,10-11H,4,7-8H2. The predicted molar refractivity (Wildman–Crippen MR) is 216 cm³/mol. The predicted octanol–water partition coefficient (Wildman–Crippen LogP) is 7.52. The highest BCUT2D eigenvalue weighted by molar-refractivity contribution is 6.28. The van der Waals surface area contributed by atoms with E-state index in [1.807, 2.05) is 76.8 Å². The van der Waals surface area contributed by atoms with Gasteiger partial charge in [-0.2, -0.15) is 9.97 Å². The van der Waals surface area contributed by atoms with E-state index in [0.29, 0.717) is 23.7 Å². The van der Waals surface area contributed by atoms with Crippen LogP contribution in [0.15, 0.2) is 122 Å². The molecule has 2 unspecified atom stereocenters. The molecule has 6 aromatic heterocycles. The molecule has 0 bridgehead atoms. The van der Waals surface area contributed by atoms with Crippen molar-refractivity contribution in [3.63, 3.8) is 0 Å². The van der Waals surface area contributed by atoms with Crippen LogP contribution < -0.4 is 20.9 Å². The number of nitrogens with zero attached hydrogens (tertiary/aromatic N) is 11. The van der Waals surface area contributed by atoms with Gasteiger partial charge in [-0.15, -0.1) is 10.2 Å². The molecule has 0 amide bonds. The molecule has 3 N–H and O–H groups in total. The second kappa shape index (κ2) is 16.4. The number of hydrogen-bond donors (Lipinski definition) is 3. The average Bonchev–Trinajstić information content (AvgIpc) is 4.05. The van der Waals surface area contributed by atoms with Crippen molar-refractivity contribution < 1.29 is 0 Å². The summed E-state index contributed by atoms with van der Waals surface area (Å²) in [4.78, 5) is 19.9. The molecule has 2 aromatic carbocycles. The van der Waals surface area contributed by atoms with Crippen molar-refractivity contribution in [2.24, 2.45) is 14.1 Å². The van der Waals surface area contributed by atoms with E-state index >= 15 is 0 Å². The van der Waals surface area contributed by atoms with E-state index in [1.54, 1.807) is 17.2 Å². The summed E-state index contributed by atoms with van der Waals surface area (Å²) in [6.07, 6.45) is 15.9. The third-order valence-electron chi connectivity index (χ3n) is 9.60. The molecular formula is C40H43ClN14. The fourth-order valence-corrected chi connectivity index (χ4v) is 7.18. The van der Waals surface area contributed by atoms with Gasteiger partial charge in [-0.25, -0.2) is 19.0 Å². The van der Waals surface area contributed by atoms with Crippen LogP contribution in [0.25, 0.3) is 11.0 Å². The molecule has 0 spiro atoms. The van der Waals surface area contributed by atoms with Crippen molar-refractivity contribution in [2.75, 3.05) is 28.6 Å². The molecule has 2 fully saturated rings. The molecule has 10 rings (SSSR count). The molecule has 2 saturated heterocycles. The van der Waals surface area contributed by atoms with Crippen molar-refractivity contribution in [3.05, 3.63) is 139 Å². The molecule has 8 aromatic rings. The van der Waals surface area contributed by atoms with E-state index in [-0.39, 0.29) is 5.28 Å². The van der Waals surface area contributed by atoms with Gasteiger partial charge in [0.15, 0.2) is 11.6 Å². The lowest BCUT2D eigenvalue weighted by atomic mass is 10.1. The SMILES string of the molecule is Cn1cnc(Nc2nc(Cl)nn3cccc23)c1.Cn1cnc(Nc2nc(N3CCCC3c3ccccc3)nn3cccc23)c1.c1ccc(C2CCCN2)cc1. The van der Waals surface area contributed by atoms with Crippen molar-refractivity contribution in [1.82, 2.24) is 53.6 Å². The van der Waals surface area contributed by atoms with Crippen LogP contribution in [0.5, 0.6) is 0 Å². The summed E-state index contributed by atoms with van der Waals surface area (Å²) >= 11 is 5.84. The number of rotatable bonds is 7. The zero-order valence-electron chi connectivity index (χ0n) is 30.7. The van der Waals surface area contributed by atoms with Gasteiger partial charge < -0.3 is 30.0 Å². The summed E-state index contributed by atoms with van der Waals surface area (Å²) in [5.41, 5.74) is 4.52. The molecule has 2 aliphatic rings. The summed E-state index contributed by atoms with van der Waals surface area (Å²) in [5, 5.41) is 18.9. The molecule has 8 heterocycles. The van der Waals surface area contributed by atoms with E-state index in [0.717, 1.165) is 48.0 Å². The van der Waals surface area contributed by atoms with E-state index in [4.69, 9.17) is 21.7 Å². The Kier molecular flexibility index (Phi) is 10.7. The van der Waals surface area contributed by atoms with E-state index < -0.39 is 0 Å². The first kappa shape index (κ1) is 35.8. The number of imidazole rings is 2. The molecule has 14 nitrogen and oxygen atoms in total. The van der Waals surface area contributed by atoms with E-state index in [1.165, 1.54) is 30.5 Å². The van der Waals surface area contributed by atoms with Crippen LogP contribution in [-0.2, 0) is 14.1 Å². The highest BCUT2D eigenvalue weighted by atomic mass is 35.5. The Balaban J connectivity index is 0.000000130. The molecule has 55 heavy (non-hydrogen) atoms. The van der Waals surface area contributed by atoms with Crippen molar-refractivity contribution in [2.45, 2.75) is 37.8 Å². The largest absolute Gasteiger partial charge is 0.338 e. The number of halogens is 1. The molecule has 2 atom stereocenters. The number of anilines is 5. The second-order valence-corrected chi connectivity index (χ2v) is 13.9. The molecule has 0 radical (unpaired) electrons. The maximum Gasteiger partial charge on any atom is 0.246 e. The Labute approximate surface area is 323 Å². The van der Waals surface area contributed by atoms with Crippen molar-refractivity contribution >= 4 is 51.9 Å². The summed E-state index contributed by atoms with van der Waals surface area (Å²) < 4.78 is 7.31. The summed E-state index contributed by atoms with van der Waals surface area (Å²) in [5.74, 6) is 3.62. The summed E-state index contributed by atoms with van der Waals surface area (Å²) in [6, 6.07) is 30.0. The fourth-order valence-electron chi connectivity index (χ4n) is 7.02. The zero-order chi connectivity index (χ0) is 37.6. The van der Waals surface area contributed by atoms with Crippen LogP contribution in [0.1, 0.15) is 48.9 Å². The lowest BCUT2D eigenvalue weighted by Crippen LogP contribution is -2.25. The van der Waals surface area contributed by atoms with Gasteiger partial charge in [0.05, 0.1) is 18.7 Å². The number of benzene rings is 2. The second-order valence-electron chi connectivity index (χ2n) is 13.6. The molecule has 280 valence electrons. The molecule has 0 aliphatic carbocycles. The monoisotopic (exact) mass is 754 g/mol. The lowest BCUT2D eigenvalue weighted by molar-refractivity contribution is 0.648. The topological polar surface area (TPSA) is 135 Å². The number of fused-ring (bicyclic) bond motifs is 2. The van der Waals surface area contributed by atoms with Crippen molar-refractivity contribution in [3.8, 4) is 0 Å². The van der Waals surface area contributed by atoms with Crippen LogP contribution in [0.4, 0.5) is 29.2 Å². The Hall–Kier alpha value is -6.25. The van der Waals surface area contributed by atoms with Gasteiger partial charge in [0.1, 0.15) is 22.7 Å². The Morgan fingerprint density at radius 1 is 0.673 bits per heavy atom. The minimum absolute atomic E-state index is 0.187. The smallest absolute Gasteiger partial charge is 0.246 e. The van der Waals surface area contributed by atoms with Gasteiger partial charge >= 0.3 is 0 Å². The Morgan fingerprint density at radius 3 is 1.85 bits per heavy atom. The summed E-state index contributed by atoms with van der Waals surface area (Å²) in [6.45, 7) is 2.13. The minimum atomic E-state index is 0.187. The van der Waals surface area contributed by atoms with Crippen LogP contribution in [0, 0.1) is 0 Å². The molecule has 2 aliphatic heterocycles. The first-order chi connectivity index (χ1) is 27.0. The number of aromatic nitrogens is 10. The minimum Gasteiger partial charge on any atom is -0.338 e. The van der Waals surface area contributed by atoms with Crippen LogP contribution >= 0.6 is 11.6 Å². The average molecular weight is 755 g/mol. The molecule has 0 saturated carbocycles. The molecular weight excluding hydrogens is 712 g/mol. The van der Waals surface area contributed by atoms with Crippen LogP contribution in [-0.4, -0.2) is 61.4 Å². The fraction of sp³-hybridized carbons (Fsp3) is 0.250. The first-order valence-corrected chi connectivity index (χ1v) is 18.8. The zero-order valence-corrected chi connectivity index (χ0v) is 31.5. The first-order valence-electron chi connectivity index (χ1n) is 18.4. The van der Waals surface area contributed by atoms with Gasteiger partial charge in [-0.05, 0) is 79.2 Å². The van der Waals surface area contributed by atoms with E-state index in [9.17, 15) is 0 Å². The van der Waals surface area contributed by atoms with Gasteiger partial charge in [-0.3, -0.25) is 0 Å². The Morgan fingerprint density at radius 2 is 1.27 bits per heavy atom. The lowest BCUT2D eigenvalue weighted by Gasteiger charge is -2.25. The third-order valence-corrected chi connectivity index (χ3v) is 9.76. The van der Waals surface area contributed by atoms with Crippen molar-refractivity contribution in [1.29, 1.82) is 0 Å². The van der Waals surface area contributed by atoms with Gasteiger partial charge in [0, 0.05) is 51.5 Å².